The van der Waals surface area contributed by atoms with Crippen molar-refractivity contribution in [2.24, 2.45) is 5.41 Å². The SMILES string of the molecule is COC(=O)CCCCCNC(=O)N1CC2(CCN(C(c3ccccc3)c3ccccc3)CC2)C1. The van der Waals surface area contributed by atoms with Gasteiger partial charge in [-0.05, 0) is 49.9 Å². The summed E-state index contributed by atoms with van der Waals surface area (Å²) in [5, 5.41) is 3.04. The summed E-state index contributed by atoms with van der Waals surface area (Å²) in [5.74, 6) is -0.167. The van der Waals surface area contributed by atoms with Gasteiger partial charge in [0.2, 0.25) is 0 Å². The molecule has 6 heteroatoms. The summed E-state index contributed by atoms with van der Waals surface area (Å²) in [6, 6.07) is 21.9. The Morgan fingerprint density at radius 3 is 2.06 bits per heavy atom. The van der Waals surface area contributed by atoms with Crippen LogP contribution in [0.2, 0.25) is 0 Å². The molecule has 1 N–H and O–H groups in total. The molecule has 2 aliphatic heterocycles. The number of amides is 2. The molecule has 0 saturated carbocycles. The van der Waals surface area contributed by atoms with E-state index in [9.17, 15) is 9.59 Å². The lowest BCUT2D eigenvalue weighted by Crippen LogP contribution is -2.63. The number of hydrogen-bond acceptors (Lipinski definition) is 4. The van der Waals surface area contributed by atoms with E-state index in [0.29, 0.717) is 13.0 Å². The first-order valence-electron chi connectivity index (χ1n) is 12.5. The third-order valence-electron chi connectivity index (χ3n) is 7.36. The van der Waals surface area contributed by atoms with E-state index in [1.807, 2.05) is 4.90 Å². The molecule has 0 unspecified atom stereocenters. The van der Waals surface area contributed by atoms with Crippen molar-refractivity contribution in [3.8, 4) is 0 Å². The quantitative estimate of drug-likeness (QED) is 0.436. The number of esters is 1. The van der Waals surface area contributed by atoms with Crippen LogP contribution in [0.5, 0.6) is 0 Å². The van der Waals surface area contributed by atoms with Crippen molar-refractivity contribution in [3.63, 3.8) is 0 Å². The van der Waals surface area contributed by atoms with E-state index < -0.39 is 0 Å². The lowest BCUT2D eigenvalue weighted by Gasteiger charge is -2.54. The normalized spacial score (nSPS) is 17.4. The highest BCUT2D eigenvalue weighted by atomic mass is 16.5. The minimum Gasteiger partial charge on any atom is -0.469 e. The Labute approximate surface area is 203 Å². The highest BCUT2D eigenvalue weighted by Crippen LogP contribution is 2.43. The summed E-state index contributed by atoms with van der Waals surface area (Å²) in [5.41, 5.74) is 2.95. The van der Waals surface area contributed by atoms with Gasteiger partial charge in [0.25, 0.3) is 0 Å². The monoisotopic (exact) mass is 463 g/mol. The van der Waals surface area contributed by atoms with Gasteiger partial charge in [0.1, 0.15) is 0 Å². The number of nitrogens with one attached hydrogen (secondary N) is 1. The maximum Gasteiger partial charge on any atom is 0.317 e. The summed E-state index contributed by atoms with van der Waals surface area (Å²) in [7, 11) is 1.41. The Morgan fingerprint density at radius 1 is 0.912 bits per heavy atom. The number of unbranched alkanes of at least 4 members (excludes halogenated alkanes) is 2. The van der Waals surface area contributed by atoms with Gasteiger partial charge in [0.15, 0.2) is 0 Å². The molecule has 6 nitrogen and oxygen atoms in total. The van der Waals surface area contributed by atoms with Crippen LogP contribution in [0, 0.1) is 5.41 Å². The van der Waals surface area contributed by atoms with E-state index in [1.165, 1.54) is 18.2 Å². The molecule has 4 rings (SSSR count). The van der Waals surface area contributed by atoms with Crippen molar-refractivity contribution in [2.45, 2.75) is 44.6 Å². The number of nitrogens with zero attached hydrogens (tertiary/aromatic N) is 2. The predicted octanol–water partition coefficient (Wildman–Crippen LogP) is 4.62. The first-order chi connectivity index (χ1) is 16.6. The molecule has 2 amide bonds. The molecule has 34 heavy (non-hydrogen) atoms. The van der Waals surface area contributed by atoms with Crippen LogP contribution in [0.25, 0.3) is 0 Å². The van der Waals surface area contributed by atoms with Gasteiger partial charge in [-0.25, -0.2) is 4.79 Å². The van der Waals surface area contributed by atoms with Gasteiger partial charge >= 0.3 is 12.0 Å². The highest BCUT2D eigenvalue weighted by Gasteiger charge is 2.47. The largest absolute Gasteiger partial charge is 0.469 e. The maximum atomic E-state index is 12.5. The van der Waals surface area contributed by atoms with Gasteiger partial charge in [0.05, 0.1) is 13.2 Å². The summed E-state index contributed by atoms with van der Waals surface area (Å²) in [6.07, 6.45) is 5.31. The third kappa shape index (κ3) is 5.98. The van der Waals surface area contributed by atoms with E-state index in [2.05, 4.69) is 75.6 Å². The number of carbonyl (C=O) groups is 2. The van der Waals surface area contributed by atoms with Crippen LogP contribution in [-0.4, -0.2) is 61.6 Å². The third-order valence-corrected chi connectivity index (χ3v) is 7.36. The average Bonchev–Trinajstić information content (AvgIpc) is 2.86. The maximum absolute atomic E-state index is 12.5. The Morgan fingerprint density at radius 2 is 1.50 bits per heavy atom. The van der Waals surface area contributed by atoms with Crippen molar-refractivity contribution in [2.75, 3.05) is 39.8 Å². The van der Waals surface area contributed by atoms with Crippen LogP contribution in [-0.2, 0) is 9.53 Å². The minimum absolute atomic E-state index is 0.0486. The van der Waals surface area contributed by atoms with Crippen LogP contribution in [0.1, 0.15) is 55.7 Å². The molecular weight excluding hydrogens is 426 g/mol. The second-order valence-electron chi connectivity index (χ2n) is 9.73. The number of benzene rings is 2. The molecule has 1 spiro atoms. The molecule has 0 aromatic heterocycles. The summed E-state index contributed by atoms with van der Waals surface area (Å²) < 4.78 is 4.65. The second kappa shape index (κ2) is 11.5. The van der Waals surface area contributed by atoms with Crippen LogP contribution in [0.15, 0.2) is 60.7 Å². The van der Waals surface area contributed by atoms with Crippen LogP contribution in [0.4, 0.5) is 4.79 Å². The zero-order chi connectivity index (χ0) is 23.8. The fraction of sp³-hybridized carbons (Fsp3) is 0.500. The molecule has 2 saturated heterocycles. The average molecular weight is 464 g/mol. The Bertz CT molecular complexity index is 879. The molecule has 2 heterocycles. The molecular formula is C28H37N3O3. The van der Waals surface area contributed by atoms with Crippen molar-refractivity contribution in [1.82, 2.24) is 15.1 Å². The van der Waals surface area contributed by atoms with E-state index >= 15 is 0 Å². The molecule has 2 fully saturated rings. The van der Waals surface area contributed by atoms with Crippen LogP contribution in [0.3, 0.4) is 0 Å². The van der Waals surface area contributed by atoms with Gasteiger partial charge in [-0.15, -0.1) is 0 Å². The minimum atomic E-state index is -0.167. The van der Waals surface area contributed by atoms with Gasteiger partial charge in [-0.3, -0.25) is 9.69 Å². The van der Waals surface area contributed by atoms with Crippen LogP contribution >= 0.6 is 0 Å². The Balaban J connectivity index is 1.22. The van der Waals surface area contributed by atoms with Crippen molar-refractivity contribution in [1.29, 1.82) is 0 Å². The standard InChI is InChI=1S/C28H37N3O3/c1-34-25(32)15-9-4-10-18-29-27(33)31-21-28(22-31)16-19-30(20-17-28)26(23-11-5-2-6-12-23)24-13-7-3-8-14-24/h2-3,5-8,11-14,26H,4,9-10,15-22H2,1H3,(H,29,33). The molecule has 2 aromatic carbocycles. The number of hydrogen-bond donors (Lipinski definition) is 1. The van der Waals surface area contributed by atoms with Crippen molar-refractivity contribution in [3.05, 3.63) is 71.8 Å². The number of urea groups is 1. The van der Waals surface area contributed by atoms with E-state index in [1.54, 1.807) is 0 Å². The summed E-state index contributed by atoms with van der Waals surface area (Å²) in [6.45, 7) is 4.47. The summed E-state index contributed by atoms with van der Waals surface area (Å²) >= 11 is 0. The Hall–Kier alpha value is -2.86. The number of carbonyl (C=O) groups excluding carboxylic acids is 2. The number of piperidine rings is 1. The van der Waals surface area contributed by atoms with E-state index in [-0.39, 0.29) is 23.5 Å². The van der Waals surface area contributed by atoms with Gasteiger partial charge < -0.3 is 15.0 Å². The molecule has 0 bridgehead atoms. The first-order valence-corrected chi connectivity index (χ1v) is 12.5. The summed E-state index contributed by atoms with van der Waals surface area (Å²) in [4.78, 5) is 28.2. The number of methoxy groups -OCH3 is 1. The molecule has 2 aliphatic rings. The first kappa shape index (κ1) is 24.3. The molecule has 0 atom stereocenters. The molecule has 182 valence electrons. The van der Waals surface area contributed by atoms with Crippen molar-refractivity contribution < 1.29 is 14.3 Å². The predicted molar refractivity (Wildman–Crippen MR) is 133 cm³/mol. The smallest absolute Gasteiger partial charge is 0.317 e. The Kier molecular flexibility index (Phi) is 8.22. The topological polar surface area (TPSA) is 61.9 Å². The molecule has 0 radical (unpaired) electrons. The molecule has 2 aromatic rings. The van der Waals surface area contributed by atoms with Gasteiger partial charge in [-0.2, -0.15) is 0 Å². The second-order valence-corrected chi connectivity index (χ2v) is 9.73. The van der Waals surface area contributed by atoms with Gasteiger partial charge in [-0.1, -0.05) is 67.1 Å². The number of ether oxygens (including phenoxy) is 1. The lowest BCUT2D eigenvalue weighted by molar-refractivity contribution is -0.140. The van der Waals surface area contributed by atoms with E-state index in [0.717, 1.165) is 58.3 Å². The van der Waals surface area contributed by atoms with Gasteiger partial charge in [0, 0.05) is 31.5 Å². The zero-order valence-electron chi connectivity index (χ0n) is 20.2. The zero-order valence-corrected chi connectivity index (χ0v) is 20.2. The van der Waals surface area contributed by atoms with Crippen molar-refractivity contribution >= 4 is 12.0 Å². The fourth-order valence-corrected chi connectivity index (χ4v) is 5.34. The molecule has 0 aliphatic carbocycles. The van der Waals surface area contributed by atoms with E-state index in [4.69, 9.17) is 0 Å². The number of likely N-dealkylation sites (tertiary alicyclic amines) is 2. The van der Waals surface area contributed by atoms with Crippen LogP contribution < -0.4 is 5.32 Å². The highest BCUT2D eigenvalue weighted by molar-refractivity contribution is 5.75. The fourth-order valence-electron chi connectivity index (χ4n) is 5.34. The number of rotatable bonds is 9. The lowest BCUT2D eigenvalue weighted by atomic mass is 9.71.